The molecule has 1 saturated carbocycles. The van der Waals surface area contributed by atoms with Gasteiger partial charge in [-0.25, -0.2) is 0 Å². The number of carboxylic acids is 1. The number of thiophene rings is 2. The number of hydrogen-bond acceptors (Lipinski definition) is 4. The molecule has 5 heteroatoms. The summed E-state index contributed by atoms with van der Waals surface area (Å²) in [6.45, 7) is 7.25. The average molecular weight is 374 g/mol. The Balaban J connectivity index is 1.41. The first-order valence-electron chi connectivity index (χ1n) is 8.82. The molecular weight excluding hydrogens is 350 g/mol. The maximum atomic E-state index is 11.1. The second-order valence-corrected chi connectivity index (χ2v) is 9.75. The highest BCUT2D eigenvalue weighted by Crippen LogP contribution is 2.51. The van der Waals surface area contributed by atoms with Gasteiger partial charge in [-0.05, 0) is 56.4 Å². The summed E-state index contributed by atoms with van der Waals surface area (Å²) in [5.74, 6) is 0.144. The zero-order chi connectivity index (χ0) is 17.6. The van der Waals surface area contributed by atoms with Gasteiger partial charge in [0.15, 0.2) is 0 Å². The van der Waals surface area contributed by atoms with E-state index in [2.05, 4.69) is 49.1 Å². The average Bonchev–Trinajstić information content (AvgIpc) is 2.97. The number of aryl methyl sites for hydroxylation is 2. The highest BCUT2D eigenvalue weighted by atomic mass is 32.1. The zero-order valence-corrected chi connectivity index (χ0v) is 16.2. The Morgan fingerprint density at radius 3 is 2.12 bits per heavy atom. The van der Waals surface area contributed by atoms with Crippen LogP contribution in [0.4, 0.5) is 0 Å². The van der Waals surface area contributed by atoms with E-state index in [1.165, 1.54) is 25.1 Å². The van der Waals surface area contributed by atoms with Gasteiger partial charge in [0.05, 0.1) is 5.92 Å². The molecule has 1 aliphatic heterocycles. The third kappa shape index (κ3) is 3.46. The molecule has 132 valence electrons. The third-order valence-electron chi connectivity index (χ3n) is 5.36. The van der Waals surface area contributed by atoms with E-state index >= 15 is 0 Å². The minimum atomic E-state index is -0.599. The fourth-order valence-electron chi connectivity index (χ4n) is 4.04. The number of carboxylic acid groups (broad SMARTS) is 1. The summed E-state index contributed by atoms with van der Waals surface area (Å²) in [4.78, 5) is 18.9. The van der Waals surface area contributed by atoms with E-state index in [1.54, 1.807) is 0 Å². The van der Waals surface area contributed by atoms with Crippen molar-refractivity contribution in [3.8, 4) is 0 Å². The molecule has 1 unspecified atom stereocenters. The lowest BCUT2D eigenvalue weighted by atomic mass is 10.1. The van der Waals surface area contributed by atoms with Gasteiger partial charge in [-0.1, -0.05) is 6.08 Å². The van der Waals surface area contributed by atoms with Crippen molar-refractivity contribution >= 4 is 34.2 Å². The lowest BCUT2D eigenvalue weighted by Gasteiger charge is -2.17. The fraction of sp³-hybridized carbons (Fsp3) is 0.450. The lowest BCUT2D eigenvalue weighted by molar-refractivity contribution is -0.139. The highest BCUT2D eigenvalue weighted by molar-refractivity contribution is 7.15. The molecule has 0 radical (unpaired) electrons. The van der Waals surface area contributed by atoms with Crippen molar-refractivity contribution in [2.45, 2.75) is 20.3 Å². The van der Waals surface area contributed by atoms with Crippen LogP contribution in [0.25, 0.3) is 5.57 Å². The summed E-state index contributed by atoms with van der Waals surface area (Å²) >= 11 is 3.71. The molecule has 3 heterocycles. The van der Waals surface area contributed by atoms with Gasteiger partial charge in [0.25, 0.3) is 0 Å². The molecule has 2 fully saturated rings. The summed E-state index contributed by atoms with van der Waals surface area (Å²) in [7, 11) is 0. The first-order valence-corrected chi connectivity index (χ1v) is 10.4. The van der Waals surface area contributed by atoms with Crippen LogP contribution in [0, 0.1) is 31.6 Å². The minimum absolute atomic E-state index is 0.0643. The van der Waals surface area contributed by atoms with Crippen molar-refractivity contribution < 1.29 is 9.90 Å². The van der Waals surface area contributed by atoms with Crippen molar-refractivity contribution in [3.63, 3.8) is 0 Å². The number of nitrogens with zero attached hydrogens (tertiary/aromatic N) is 1. The predicted octanol–water partition coefficient (Wildman–Crippen LogP) is 4.51. The van der Waals surface area contributed by atoms with E-state index in [-0.39, 0.29) is 5.92 Å². The van der Waals surface area contributed by atoms with Crippen LogP contribution < -0.4 is 0 Å². The molecule has 0 aromatic carbocycles. The number of fused-ring (bicyclic) bond motifs is 1. The van der Waals surface area contributed by atoms with E-state index in [9.17, 15) is 4.79 Å². The summed E-state index contributed by atoms with van der Waals surface area (Å²) in [5, 5.41) is 9.12. The molecule has 0 spiro atoms. The maximum absolute atomic E-state index is 11.1. The summed E-state index contributed by atoms with van der Waals surface area (Å²) in [6, 6.07) is 8.83. The van der Waals surface area contributed by atoms with E-state index in [0.29, 0.717) is 11.8 Å². The van der Waals surface area contributed by atoms with Crippen molar-refractivity contribution in [2.75, 3.05) is 19.6 Å². The third-order valence-corrected chi connectivity index (χ3v) is 7.43. The molecular formula is C20H23NO2S2. The molecule has 3 atom stereocenters. The van der Waals surface area contributed by atoms with Crippen LogP contribution >= 0.6 is 22.7 Å². The molecule has 1 N–H and O–H groups in total. The van der Waals surface area contributed by atoms with E-state index in [1.807, 2.05) is 22.7 Å². The lowest BCUT2D eigenvalue weighted by Crippen LogP contribution is -2.27. The van der Waals surface area contributed by atoms with Crippen LogP contribution in [0.5, 0.6) is 0 Å². The zero-order valence-electron chi connectivity index (χ0n) is 14.6. The normalized spacial score (nSPS) is 25.0. The second-order valence-electron chi connectivity index (χ2n) is 7.18. The van der Waals surface area contributed by atoms with E-state index in [4.69, 9.17) is 5.11 Å². The quantitative estimate of drug-likeness (QED) is 0.810. The first kappa shape index (κ1) is 17.0. The molecule has 2 aromatic heterocycles. The molecule has 1 aliphatic carbocycles. The fourth-order valence-corrected chi connectivity index (χ4v) is 5.94. The Kier molecular flexibility index (Phi) is 4.56. The Labute approximate surface area is 156 Å². The number of rotatable bonds is 6. The van der Waals surface area contributed by atoms with Crippen molar-refractivity contribution in [1.82, 2.24) is 4.90 Å². The number of aliphatic carboxylic acids is 1. The molecule has 3 nitrogen and oxygen atoms in total. The van der Waals surface area contributed by atoms with Gasteiger partial charge in [0.1, 0.15) is 0 Å². The maximum Gasteiger partial charge on any atom is 0.307 e. The van der Waals surface area contributed by atoms with Crippen LogP contribution in [0.2, 0.25) is 0 Å². The van der Waals surface area contributed by atoms with Crippen LogP contribution in [-0.2, 0) is 4.79 Å². The monoisotopic (exact) mass is 373 g/mol. The van der Waals surface area contributed by atoms with Gasteiger partial charge in [0.2, 0.25) is 0 Å². The Morgan fingerprint density at radius 2 is 1.68 bits per heavy atom. The molecule has 4 rings (SSSR count). The molecule has 2 aromatic rings. The second kappa shape index (κ2) is 6.71. The summed E-state index contributed by atoms with van der Waals surface area (Å²) in [6.07, 6.45) is 3.38. The van der Waals surface area contributed by atoms with Gasteiger partial charge in [-0.15, -0.1) is 22.7 Å². The van der Waals surface area contributed by atoms with Gasteiger partial charge in [0, 0.05) is 44.7 Å². The van der Waals surface area contributed by atoms with Gasteiger partial charge >= 0.3 is 5.97 Å². The minimum Gasteiger partial charge on any atom is -0.481 e. The molecule has 1 saturated heterocycles. The predicted molar refractivity (Wildman–Crippen MR) is 104 cm³/mol. The smallest absolute Gasteiger partial charge is 0.307 e. The highest BCUT2D eigenvalue weighted by Gasteiger charge is 2.59. The summed E-state index contributed by atoms with van der Waals surface area (Å²) < 4.78 is 0. The molecule has 0 bridgehead atoms. The number of piperidine rings is 1. The Hall–Kier alpha value is -1.43. The van der Waals surface area contributed by atoms with Gasteiger partial charge in [-0.2, -0.15) is 0 Å². The van der Waals surface area contributed by atoms with E-state index in [0.717, 1.165) is 26.1 Å². The van der Waals surface area contributed by atoms with E-state index < -0.39 is 5.97 Å². The van der Waals surface area contributed by atoms with Gasteiger partial charge < -0.3 is 10.0 Å². The molecule has 2 aliphatic rings. The van der Waals surface area contributed by atoms with Crippen LogP contribution in [0.1, 0.15) is 25.9 Å². The summed E-state index contributed by atoms with van der Waals surface area (Å²) in [5.41, 5.74) is 1.35. The van der Waals surface area contributed by atoms with Crippen LogP contribution in [-0.4, -0.2) is 35.6 Å². The largest absolute Gasteiger partial charge is 0.481 e. The standard InChI is InChI=1S/C20H23NO2S2/c1-12-5-7-17(24-12)14(18-8-6-13(2)25-18)4-3-9-21-10-15-16(11-21)19(15)20(22)23/h4-8,15-16,19H,3,9-11H2,1-2H3,(H,22,23)/t15-,16+,19?. The van der Waals surface area contributed by atoms with Crippen molar-refractivity contribution in [1.29, 1.82) is 0 Å². The number of likely N-dealkylation sites (tertiary alicyclic amines) is 1. The topological polar surface area (TPSA) is 40.5 Å². The Bertz CT molecular complexity index is 765. The number of hydrogen-bond donors (Lipinski definition) is 1. The Morgan fingerprint density at radius 1 is 1.12 bits per heavy atom. The van der Waals surface area contributed by atoms with Crippen LogP contribution in [0.15, 0.2) is 30.3 Å². The first-order chi connectivity index (χ1) is 12.0. The molecule has 0 amide bonds. The SMILES string of the molecule is Cc1ccc(C(=CCCN2C[C@@H]3C(C(=O)O)[C@@H]3C2)c2ccc(C)s2)s1. The van der Waals surface area contributed by atoms with Crippen LogP contribution in [0.3, 0.4) is 0 Å². The van der Waals surface area contributed by atoms with Crippen molar-refractivity contribution in [3.05, 3.63) is 49.9 Å². The van der Waals surface area contributed by atoms with Crippen molar-refractivity contribution in [2.24, 2.45) is 17.8 Å². The van der Waals surface area contributed by atoms with Gasteiger partial charge in [-0.3, -0.25) is 4.79 Å². The number of carbonyl (C=O) groups is 1. The molecule has 25 heavy (non-hydrogen) atoms.